The van der Waals surface area contributed by atoms with Gasteiger partial charge in [0.05, 0.1) is 12.3 Å². The fraction of sp³-hybridized carbons (Fsp3) is 0.250. The van der Waals surface area contributed by atoms with Gasteiger partial charge in [-0.05, 0) is 11.1 Å². The minimum Gasteiger partial charge on any atom is -0.394 e. The number of rotatable bonds is 4. The van der Waals surface area contributed by atoms with Crippen LogP contribution in [0.3, 0.4) is 0 Å². The van der Waals surface area contributed by atoms with Crippen LogP contribution in [-0.4, -0.2) is 14.9 Å². The maximum atomic E-state index is 8.93. The quantitative estimate of drug-likeness (QED) is 0.738. The van der Waals surface area contributed by atoms with Crippen molar-refractivity contribution in [2.45, 2.75) is 13.2 Å². The van der Waals surface area contributed by atoms with Gasteiger partial charge in [-0.1, -0.05) is 24.3 Å². The van der Waals surface area contributed by atoms with Crippen LogP contribution in [0.2, 0.25) is 0 Å². The van der Waals surface area contributed by atoms with Crippen molar-refractivity contribution in [1.29, 1.82) is 0 Å². The van der Waals surface area contributed by atoms with Crippen LogP contribution in [0.25, 0.3) is 0 Å². The number of benzene rings is 1. The summed E-state index contributed by atoms with van der Waals surface area (Å²) in [5.74, 6) is 0.693. The largest absolute Gasteiger partial charge is 0.394 e. The molecule has 0 spiro atoms. The molecule has 0 unspecified atom stereocenters. The lowest BCUT2D eigenvalue weighted by atomic mass is 10.1. The number of nitrogens with zero attached hydrogens (tertiary/aromatic N) is 2. The average molecular weight is 232 g/mol. The number of aliphatic hydroxyl groups is 1. The first-order valence-corrected chi connectivity index (χ1v) is 5.40. The number of hydrogen-bond acceptors (Lipinski definition) is 4. The van der Waals surface area contributed by atoms with E-state index >= 15 is 0 Å². The molecule has 0 saturated carbocycles. The number of nitrogen functional groups attached to an aromatic ring is 1. The van der Waals surface area contributed by atoms with Gasteiger partial charge in [0.25, 0.3) is 0 Å². The van der Waals surface area contributed by atoms with Gasteiger partial charge in [0, 0.05) is 19.8 Å². The third kappa shape index (κ3) is 2.76. The molecule has 0 amide bonds. The number of hydrogen-bond donors (Lipinski definition) is 3. The normalized spacial score (nSPS) is 10.5. The van der Waals surface area contributed by atoms with E-state index in [1.54, 1.807) is 10.9 Å². The van der Waals surface area contributed by atoms with Crippen LogP contribution < -0.4 is 11.1 Å². The van der Waals surface area contributed by atoms with Crippen LogP contribution in [0.5, 0.6) is 0 Å². The third-order valence-electron chi connectivity index (χ3n) is 2.52. The van der Waals surface area contributed by atoms with E-state index in [1.807, 2.05) is 31.3 Å². The molecule has 1 aromatic heterocycles. The molecule has 2 rings (SSSR count). The highest BCUT2D eigenvalue weighted by Gasteiger charge is 2.03. The molecule has 0 bridgehead atoms. The highest BCUT2D eigenvalue weighted by Crippen LogP contribution is 2.15. The van der Waals surface area contributed by atoms with E-state index in [0.29, 0.717) is 18.1 Å². The smallest absolute Gasteiger partial charge is 0.171 e. The highest BCUT2D eigenvalue weighted by molar-refractivity contribution is 5.59. The maximum Gasteiger partial charge on any atom is 0.171 e. The van der Waals surface area contributed by atoms with Crippen molar-refractivity contribution in [3.63, 3.8) is 0 Å². The average Bonchev–Trinajstić information content (AvgIpc) is 2.66. The number of nitrogens with one attached hydrogen (secondary N) is 1. The molecule has 90 valence electrons. The molecule has 4 N–H and O–H groups in total. The van der Waals surface area contributed by atoms with Crippen molar-refractivity contribution in [3.05, 3.63) is 41.6 Å². The first-order chi connectivity index (χ1) is 8.19. The molecule has 5 nitrogen and oxygen atoms in total. The zero-order chi connectivity index (χ0) is 12.3. The summed E-state index contributed by atoms with van der Waals surface area (Å²) < 4.78 is 1.67. The zero-order valence-corrected chi connectivity index (χ0v) is 9.72. The minimum atomic E-state index is 0.0703. The van der Waals surface area contributed by atoms with E-state index in [0.717, 1.165) is 11.1 Å². The van der Waals surface area contributed by atoms with Gasteiger partial charge in [-0.15, -0.1) is 0 Å². The summed E-state index contributed by atoms with van der Waals surface area (Å²) in [6.07, 6.45) is 1.76. The van der Waals surface area contributed by atoms with Crippen LogP contribution in [0.1, 0.15) is 11.1 Å². The minimum absolute atomic E-state index is 0.0703. The van der Waals surface area contributed by atoms with Crippen molar-refractivity contribution in [1.82, 2.24) is 9.78 Å². The Balaban J connectivity index is 1.99. The summed E-state index contributed by atoms with van der Waals surface area (Å²) in [5.41, 5.74) is 8.44. The van der Waals surface area contributed by atoms with Crippen LogP contribution in [0.15, 0.2) is 30.5 Å². The Bertz CT molecular complexity index is 490. The fourth-order valence-corrected chi connectivity index (χ4v) is 1.59. The Morgan fingerprint density at radius 3 is 2.47 bits per heavy atom. The molecule has 1 heterocycles. The topological polar surface area (TPSA) is 76.1 Å². The fourth-order valence-electron chi connectivity index (χ4n) is 1.59. The van der Waals surface area contributed by atoms with Gasteiger partial charge in [0.15, 0.2) is 5.82 Å². The second kappa shape index (κ2) is 4.88. The van der Waals surface area contributed by atoms with Crippen molar-refractivity contribution >= 4 is 11.5 Å². The Labute approximate surface area is 99.9 Å². The molecule has 0 radical (unpaired) electrons. The molecule has 0 aliphatic carbocycles. The SMILES string of the molecule is Cn1cc(N)c(NCc2ccc(CO)cc2)n1. The number of aryl methyl sites for hydroxylation is 1. The molecule has 1 aromatic carbocycles. The lowest BCUT2D eigenvalue weighted by Crippen LogP contribution is -2.02. The maximum absolute atomic E-state index is 8.93. The van der Waals surface area contributed by atoms with Crippen molar-refractivity contribution in [3.8, 4) is 0 Å². The van der Waals surface area contributed by atoms with Gasteiger partial charge in [-0.3, -0.25) is 4.68 Å². The van der Waals surface area contributed by atoms with Crippen molar-refractivity contribution in [2.75, 3.05) is 11.1 Å². The standard InChI is InChI=1S/C12H16N4O/c1-16-7-11(13)12(15-16)14-6-9-2-4-10(8-17)5-3-9/h2-5,7,17H,6,8,13H2,1H3,(H,14,15). The molecule has 0 aliphatic heterocycles. The second-order valence-corrected chi connectivity index (χ2v) is 3.93. The summed E-state index contributed by atoms with van der Waals surface area (Å²) in [4.78, 5) is 0. The van der Waals surface area contributed by atoms with E-state index in [2.05, 4.69) is 10.4 Å². The van der Waals surface area contributed by atoms with E-state index < -0.39 is 0 Å². The summed E-state index contributed by atoms with van der Waals surface area (Å²) in [7, 11) is 1.83. The van der Waals surface area contributed by atoms with Gasteiger partial charge >= 0.3 is 0 Å². The molecular formula is C12H16N4O. The van der Waals surface area contributed by atoms with Gasteiger partial charge in [0.1, 0.15) is 0 Å². The number of aromatic nitrogens is 2. The van der Waals surface area contributed by atoms with E-state index in [1.165, 1.54) is 0 Å². The molecule has 5 heteroatoms. The summed E-state index contributed by atoms with van der Waals surface area (Å²) >= 11 is 0. The van der Waals surface area contributed by atoms with E-state index in [9.17, 15) is 0 Å². The number of anilines is 2. The predicted octanol–water partition coefficient (Wildman–Crippen LogP) is 1.11. The first kappa shape index (κ1) is 11.5. The molecule has 2 aromatic rings. The summed E-state index contributed by atoms with van der Waals surface area (Å²) in [5, 5.41) is 16.3. The lowest BCUT2D eigenvalue weighted by Gasteiger charge is -2.05. The Morgan fingerprint density at radius 1 is 1.29 bits per heavy atom. The Kier molecular flexibility index (Phi) is 3.30. The van der Waals surface area contributed by atoms with Crippen molar-refractivity contribution in [2.24, 2.45) is 7.05 Å². The second-order valence-electron chi connectivity index (χ2n) is 3.93. The van der Waals surface area contributed by atoms with Gasteiger partial charge in [-0.25, -0.2) is 0 Å². The third-order valence-corrected chi connectivity index (χ3v) is 2.52. The first-order valence-electron chi connectivity index (χ1n) is 5.40. The molecule has 0 fully saturated rings. The molecule has 17 heavy (non-hydrogen) atoms. The Morgan fingerprint density at radius 2 is 1.94 bits per heavy atom. The van der Waals surface area contributed by atoms with E-state index in [-0.39, 0.29) is 6.61 Å². The lowest BCUT2D eigenvalue weighted by molar-refractivity contribution is 0.282. The van der Waals surface area contributed by atoms with Crippen molar-refractivity contribution < 1.29 is 5.11 Å². The summed E-state index contributed by atoms with van der Waals surface area (Å²) in [6.45, 7) is 0.730. The molecule has 0 atom stereocenters. The van der Waals surface area contributed by atoms with E-state index in [4.69, 9.17) is 10.8 Å². The van der Waals surface area contributed by atoms with Gasteiger partial charge < -0.3 is 16.2 Å². The van der Waals surface area contributed by atoms with Crippen LogP contribution in [0, 0.1) is 0 Å². The van der Waals surface area contributed by atoms with Crippen LogP contribution in [-0.2, 0) is 20.2 Å². The predicted molar refractivity (Wildman–Crippen MR) is 67.3 cm³/mol. The summed E-state index contributed by atoms with van der Waals surface area (Å²) in [6, 6.07) is 7.74. The molecule has 0 saturated heterocycles. The Hall–Kier alpha value is -2.01. The van der Waals surface area contributed by atoms with Gasteiger partial charge in [0.2, 0.25) is 0 Å². The van der Waals surface area contributed by atoms with Crippen LogP contribution in [0.4, 0.5) is 11.5 Å². The van der Waals surface area contributed by atoms with Crippen LogP contribution >= 0.6 is 0 Å². The number of aliphatic hydroxyl groups excluding tert-OH is 1. The molecular weight excluding hydrogens is 216 g/mol. The zero-order valence-electron chi connectivity index (χ0n) is 9.72. The monoisotopic (exact) mass is 232 g/mol. The number of nitrogens with two attached hydrogens (primary N) is 1. The molecule has 0 aliphatic rings. The van der Waals surface area contributed by atoms with Gasteiger partial charge in [-0.2, -0.15) is 5.10 Å². The highest BCUT2D eigenvalue weighted by atomic mass is 16.3.